The van der Waals surface area contributed by atoms with Gasteiger partial charge in [-0.2, -0.15) is 13.2 Å². The van der Waals surface area contributed by atoms with E-state index in [0.29, 0.717) is 16.8 Å². The van der Waals surface area contributed by atoms with Crippen LogP contribution in [0.1, 0.15) is 28.8 Å². The molecule has 0 saturated carbocycles. The molecule has 2 rings (SSSR count). The van der Waals surface area contributed by atoms with E-state index in [1.165, 1.54) is 0 Å². The van der Waals surface area contributed by atoms with Crippen molar-refractivity contribution in [3.63, 3.8) is 0 Å². The van der Waals surface area contributed by atoms with Gasteiger partial charge in [0.05, 0.1) is 5.92 Å². The van der Waals surface area contributed by atoms with Crippen LogP contribution >= 0.6 is 0 Å². The van der Waals surface area contributed by atoms with Crippen LogP contribution in [-0.4, -0.2) is 11.2 Å². The van der Waals surface area contributed by atoms with Crippen molar-refractivity contribution in [2.75, 3.05) is 0 Å². The fourth-order valence-corrected chi connectivity index (χ4v) is 2.61. The number of halogens is 3. The highest BCUT2D eigenvalue weighted by atomic mass is 19.4. The van der Waals surface area contributed by atoms with Crippen LogP contribution in [0, 0.1) is 12.8 Å². The van der Waals surface area contributed by atoms with Crippen LogP contribution in [0.3, 0.4) is 0 Å². The summed E-state index contributed by atoms with van der Waals surface area (Å²) in [6.07, 6.45) is -3.93. The van der Waals surface area contributed by atoms with Gasteiger partial charge in [-0.05, 0) is 37.3 Å². The van der Waals surface area contributed by atoms with Crippen molar-refractivity contribution in [3.05, 3.63) is 32.7 Å². The third-order valence-corrected chi connectivity index (χ3v) is 3.62. The van der Waals surface area contributed by atoms with Crippen LogP contribution in [-0.2, 0) is 19.4 Å². The van der Waals surface area contributed by atoms with Gasteiger partial charge in [-0.15, -0.1) is 0 Å². The lowest BCUT2D eigenvalue weighted by Gasteiger charge is -2.28. The zero-order valence-corrected chi connectivity index (χ0v) is 10.0. The summed E-state index contributed by atoms with van der Waals surface area (Å²) in [6, 6.07) is 0. The molecule has 6 heteroatoms. The zero-order valence-electron chi connectivity index (χ0n) is 10.0. The lowest BCUT2D eigenvalue weighted by atomic mass is 9.81. The van der Waals surface area contributed by atoms with E-state index in [1.807, 2.05) is 0 Å². The fourth-order valence-electron chi connectivity index (χ4n) is 2.61. The molecule has 1 aromatic rings. The number of H-pyrrole nitrogens is 1. The molecule has 0 radical (unpaired) electrons. The Morgan fingerprint density at radius 2 is 2.06 bits per heavy atom. The van der Waals surface area contributed by atoms with E-state index in [4.69, 9.17) is 5.73 Å². The van der Waals surface area contributed by atoms with Gasteiger partial charge in [0.2, 0.25) is 0 Å². The number of hydrogen-bond donors (Lipinski definition) is 2. The SMILES string of the molecule is Cc1[nH]c(=O)c(CN)c2c1CC(C(F)(F)F)CC2. The lowest BCUT2D eigenvalue weighted by molar-refractivity contribution is -0.177. The summed E-state index contributed by atoms with van der Waals surface area (Å²) in [5.41, 5.74) is 7.52. The minimum Gasteiger partial charge on any atom is -0.326 e. The topological polar surface area (TPSA) is 58.9 Å². The Hall–Kier alpha value is -1.30. The predicted octanol–water partition coefficient (Wildman–Crippen LogP) is 1.81. The summed E-state index contributed by atoms with van der Waals surface area (Å²) in [7, 11) is 0. The van der Waals surface area contributed by atoms with Gasteiger partial charge in [-0.1, -0.05) is 0 Å². The Bertz CT molecular complexity index is 519. The molecule has 3 nitrogen and oxygen atoms in total. The number of fused-ring (bicyclic) bond motifs is 1. The molecule has 100 valence electrons. The zero-order chi connectivity index (χ0) is 13.5. The maximum atomic E-state index is 12.7. The monoisotopic (exact) mass is 260 g/mol. The average molecular weight is 260 g/mol. The van der Waals surface area contributed by atoms with Crippen molar-refractivity contribution < 1.29 is 13.2 Å². The molecule has 18 heavy (non-hydrogen) atoms. The van der Waals surface area contributed by atoms with E-state index < -0.39 is 12.1 Å². The van der Waals surface area contributed by atoms with E-state index >= 15 is 0 Å². The van der Waals surface area contributed by atoms with Gasteiger partial charge < -0.3 is 10.7 Å². The van der Waals surface area contributed by atoms with Crippen LogP contribution in [0.5, 0.6) is 0 Å². The van der Waals surface area contributed by atoms with Gasteiger partial charge in [0.25, 0.3) is 5.56 Å². The number of alkyl halides is 3. The number of hydrogen-bond acceptors (Lipinski definition) is 2. The molecule has 1 heterocycles. The molecular weight excluding hydrogens is 245 g/mol. The van der Waals surface area contributed by atoms with E-state index in [1.54, 1.807) is 6.92 Å². The molecule has 0 spiro atoms. The molecule has 0 aliphatic heterocycles. The fraction of sp³-hybridized carbons (Fsp3) is 0.583. The number of aromatic amines is 1. The van der Waals surface area contributed by atoms with Crippen LogP contribution in [0.4, 0.5) is 13.2 Å². The molecule has 0 saturated heterocycles. The molecule has 0 fully saturated rings. The van der Waals surface area contributed by atoms with Gasteiger partial charge in [0, 0.05) is 17.8 Å². The van der Waals surface area contributed by atoms with Crippen LogP contribution < -0.4 is 11.3 Å². The maximum Gasteiger partial charge on any atom is 0.392 e. The smallest absolute Gasteiger partial charge is 0.326 e. The number of nitrogens with two attached hydrogens (primary N) is 1. The number of nitrogens with one attached hydrogen (secondary N) is 1. The minimum atomic E-state index is -4.18. The Balaban J connectivity index is 2.48. The third-order valence-electron chi connectivity index (χ3n) is 3.62. The summed E-state index contributed by atoms with van der Waals surface area (Å²) in [5.74, 6) is -1.32. The molecular formula is C12H15F3N2O. The molecule has 3 N–H and O–H groups in total. The molecule has 1 atom stereocenters. The van der Waals surface area contributed by atoms with E-state index in [9.17, 15) is 18.0 Å². The van der Waals surface area contributed by atoms with E-state index in [2.05, 4.69) is 4.98 Å². The third kappa shape index (κ3) is 2.16. The molecule has 1 aliphatic carbocycles. The van der Waals surface area contributed by atoms with Crippen LogP contribution in [0.15, 0.2) is 4.79 Å². The van der Waals surface area contributed by atoms with Gasteiger partial charge in [0.15, 0.2) is 0 Å². The Labute approximate surface area is 102 Å². The highest BCUT2D eigenvalue weighted by Gasteiger charge is 2.42. The Morgan fingerprint density at radius 3 is 2.61 bits per heavy atom. The quantitative estimate of drug-likeness (QED) is 0.809. The van der Waals surface area contributed by atoms with Crippen molar-refractivity contribution in [1.82, 2.24) is 4.98 Å². The minimum absolute atomic E-state index is 0.0341. The van der Waals surface area contributed by atoms with Crippen molar-refractivity contribution in [2.24, 2.45) is 11.7 Å². The number of aryl methyl sites for hydroxylation is 1. The highest BCUT2D eigenvalue weighted by molar-refractivity contribution is 5.38. The average Bonchev–Trinajstić information content (AvgIpc) is 2.27. The predicted molar refractivity (Wildman–Crippen MR) is 61.3 cm³/mol. The summed E-state index contributed by atoms with van der Waals surface area (Å²) in [5, 5.41) is 0. The summed E-state index contributed by atoms with van der Waals surface area (Å²) >= 11 is 0. The van der Waals surface area contributed by atoms with Crippen molar-refractivity contribution in [1.29, 1.82) is 0 Å². The highest BCUT2D eigenvalue weighted by Crippen LogP contribution is 2.37. The second kappa shape index (κ2) is 4.42. The summed E-state index contributed by atoms with van der Waals surface area (Å²) < 4.78 is 38.2. The van der Waals surface area contributed by atoms with Crippen molar-refractivity contribution in [2.45, 2.75) is 38.9 Å². The number of pyridine rings is 1. The maximum absolute atomic E-state index is 12.7. The molecule has 0 bridgehead atoms. The first-order valence-electron chi connectivity index (χ1n) is 5.85. The second-order valence-corrected chi connectivity index (χ2v) is 4.70. The molecule has 1 aromatic heterocycles. The van der Waals surface area contributed by atoms with Gasteiger partial charge >= 0.3 is 6.18 Å². The molecule has 1 aliphatic rings. The van der Waals surface area contributed by atoms with Crippen LogP contribution in [0.2, 0.25) is 0 Å². The van der Waals surface area contributed by atoms with Crippen molar-refractivity contribution in [3.8, 4) is 0 Å². The number of rotatable bonds is 1. The van der Waals surface area contributed by atoms with Gasteiger partial charge in [-0.25, -0.2) is 0 Å². The lowest BCUT2D eigenvalue weighted by Crippen LogP contribution is -2.32. The number of aromatic nitrogens is 1. The first kappa shape index (κ1) is 13.1. The van der Waals surface area contributed by atoms with Crippen LogP contribution in [0.25, 0.3) is 0 Å². The van der Waals surface area contributed by atoms with E-state index in [0.717, 1.165) is 5.56 Å². The first-order chi connectivity index (χ1) is 8.34. The normalized spacial score (nSPS) is 19.7. The largest absolute Gasteiger partial charge is 0.392 e. The molecule has 0 amide bonds. The van der Waals surface area contributed by atoms with Gasteiger partial charge in [0.1, 0.15) is 0 Å². The second-order valence-electron chi connectivity index (χ2n) is 4.70. The molecule has 1 unspecified atom stereocenters. The van der Waals surface area contributed by atoms with E-state index in [-0.39, 0.29) is 31.4 Å². The molecule has 0 aromatic carbocycles. The summed E-state index contributed by atoms with van der Waals surface area (Å²) in [4.78, 5) is 14.3. The Kier molecular flexibility index (Phi) is 3.23. The van der Waals surface area contributed by atoms with Crippen molar-refractivity contribution >= 4 is 0 Å². The first-order valence-corrected chi connectivity index (χ1v) is 5.85. The Morgan fingerprint density at radius 1 is 1.39 bits per heavy atom. The van der Waals surface area contributed by atoms with Gasteiger partial charge in [-0.3, -0.25) is 4.79 Å². The summed E-state index contributed by atoms with van der Waals surface area (Å²) in [6.45, 7) is 1.70. The standard InChI is InChI=1S/C12H15F3N2O/c1-6-9-4-7(12(13,14)15)2-3-8(9)10(5-16)11(18)17-6/h7H,2-5,16H2,1H3,(H,17,18).